The number of rotatable bonds is 3. The van der Waals surface area contributed by atoms with Gasteiger partial charge in [0.05, 0.1) is 24.7 Å². The van der Waals surface area contributed by atoms with Crippen LogP contribution in [0.5, 0.6) is 0 Å². The number of carbonyl (C=O) groups excluding carboxylic acids is 1. The number of nitrogens with zero attached hydrogens (tertiary/aromatic N) is 2. The van der Waals surface area contributed by atoms with Gasteiger partial charge in [-0.1, -0.05) is 11.6 Å². The van der Waals surface area contributed by atoms with Gasteiger partial charge < -0.3 is 10.5 Å². The summed E-state index contributed by atoms with van der Waals surface area (Å²) in [6, 6.07) is -0.929. The van der Waals surface area contributed by atoms with Crippen LogP contribution in [0.1, 0.15) is 18.7 Å². The third-order valence-corrected chi connectivity index (χ3v) is 1.67. The molecule has 6 heteroatoms. The van der Waals surface area contributed by atoms with Gasteiger partial charge in [-0.05, 0) is 6.92 Å². The number of aromatic nitrogens is 2. The molecule has 14 heavy (non-hydrogen) atoms. The molecule has 0 aliphatic carbocycles. The minimum atomic E-state index is -0.929. The standard InChI is InChI=1S/C8H10ClN3O2/c1-2-14-8(13)7(10)5-3-11-4-6(9)12-5/h3-4,7H,2,10H2,1H3/t7-/m0/s1. The summed E-state index contributed by atoms with van der Waals surface area (Å²) in [4.78, 5) is 18.8. The number of ether oxygens (including phenoxy) is 1. The molecule has 76 valence electrons. The molecule has 2 N–H and O–H groups in total. The van der Waals surface area contributed by atoms with Crippen LogP contribution in [-0.2, 0) is 9.53 Å². The van der Waals surface area contributed by atoms with E-state index in [1.165, 1.54) is 12.4 Å². The second-order valence-corrected chi connectivity index (χ2v) is 2.88. The highest BCUT2D eigenvalue weighted by Crippen LogP contribution is 2.10. The Balaban J connectivity index is 2.78. The third-order valence-electron chi connectivity index (χ3n) is 1.48. The van der Waals surface area contributed by atoms with Crippen LogP contribution in [0.25, 0.3) is 0 Å². The van der Waals surface area contributed by atoms with Gasteiger partial charge in [0.25, 0.3) is 0 Å². The van der Waals surface area contributed by atoms with E-state index in [1.54, 1.807) is 6.92 Å². The van der Waals surface area contributed by atoms with Crippen molar-refractivity contribution in [2.45, 2.75) is 13.0 Å². The summed E-state index contributed by atoms with van der Waals surface area (Å²) < 4.78 is 4.72. The van der Waals surface area contributed by atoms with E-state index in [-0.39, 0.29) is 11.8 Å². The Morgan fingerprint density at radius 1 is 1.71 bits per heavy atom. The molecule has 0 fully saturated rings. The summed E-state index contributed by atoms with van der Waals surface area (Å²) in [5.41, 5.74) is 5.86. The largest absolute Gasteiger partial charge is 0.465 e. The van der Waals surface area contributed by atoms with Crippen molar-refractivity contribution in [2.75, 3.05) is 6.61 Å². The number of carbonyl (C=O) groups is 1. The van der Waals surface area contributed by atoms with Crippen molar-refractivity contribution in [2.24, 2.45) is 5.73 Å². The molecule has 1 aromatic rings. The molecule has 0 amide bonds. The van der Waals surface area contributed by atoms with Gasteiger partial charge in [0.2, 0.25) is 0 Å². The molecular formula is C8H10ClN3O2. The molecule has 0 aliphatic heterocycles. The average Bonchev–Trinajstić information content (AvgIpc) is 2.17. The SMILES string of the molecule is CCOC(=O)[C@@H](N)c1cncc(Cl)n1. The van der Waals surface area contributed by atoms with Crippen molar-refractivity contribution >= 4 is 17.6 Å². The lowest BCUT2D eigenvalue weighted by Crippen LogP contribution is -2.24. The van der Waals surface area contributed by atoms with Crippen LogP contribution in [0, 0.1) is 0 Å². The molecule has 0 bridgehead atoms. The Morgan fingerprint density at radius 2 is 2.43 bits per heavy atom. The summed E-state index contributed by atoms with van der Waals surface area (Å²) in [6.07, 6.45) is 2.75. The summed E-state index contributed by atoms with van der Waals surface area (Å²) in [5.74, 6) is -0.538. The maximum Gasteiger partial charge on any atom is 0.329 e. The first-order valence-electron chi connectivity index (χ1n) is 4.04. The van der Waals surface area contributed by atoms with Crippen LogP contribution in [0.4, 0.5) is 0 Å². The number of hydrogen-bond acceptors (Lipinski definition) is 5. The van der Waals surface area contributed by atoms with Crippen LogP contribution >= 0.6 is 11.6 Å². The first-order valence-corrected chi connectivity index (χ1v) is 4.42. The Morgan fingerprint density at radius 3 is 3.00 bits per heavy atom. The highest BCUT2D eigenvalue weighted by molar-refractivity contribution is 6.29. The van der Waals surface area contributed by atoms with Crippen LogP contribution < -0.4 is 5.73 Å². The molecule has 0 unspecified atom stereocenters. The monoisotopic (exact) mass is 215 g/mol. The van der Waals surface area contributed by atoms with Crippen LogP contribution in [0.15, 0.2) is 12.4 Å². The van der Waals surface area contributed by atoms with Gasteiger partial charge in [-0.3, -0.25) is 4.98 Å². The molecule has 0 saturated carbocycles. The van der Waals surface area contributed by atoms with E-state index >= 15 is 0 Å². The van der Waals surface area contributed by atoms with E-state index in [9.17, 15) is 4.79 Å². The van der Waals surface area contributed by atoms with E-state index in [0.29, 0.717) is 5.69 Å². The third kappa shape index (κ3) is 2.65. The van der Waals surface area contributed by atoms with Crippen LogP contribution in [0.2, 0.25) is 5.15 Å². The summed E-state index contributed by atoms with van der Waals surface area (Å²) >= 11 is 5.59. The zero-order chi connectivity index (χ0) is 10.6. The van der Waals surface area contributed by atoms with Gasteiger partial charge in [0.15, 0.2) is 0 Å². The smallest absolute Gasteiger partial charge is 0.329 e. The zero-order valence-electron chi connectivity index (χ0n) is 7.61. The normalized spacial score (nSPS) is 12.2. The highest BCUT2D eigenvalue weighted by Gasteiger charge is 2.18. The van der Waals surface area contributed by atoms with E-state index in [4.69, 9.17) is 22.1 Å². The number of halogens is 1. The quantitative estimate of drug-likeness (QED) is 0.751. The van der Waals surface area contributed by atoms with E-state index in [0.717, 1.165) is 0 Å². The van der Waals surface area contributed by atoms with Crippen molar-refractivity contribution in [3.8, 4) is 0 Å². The minimum Gasteiger partial charge on any atom is -0.465 e. The second kappa shape index (κ2) is 4.88. The maximum absolute atomic E-state index is 11.2. The molecule has 5 nitrogen and oxygen atoms in total. The van der Waals surface area contributed by atoms with E-state index < -0.39 is 12.0 Å². The van der Waals surface area contributed by atoms with Gasteiger partial charge in [-0.2, -0.15) is 0 Å². The second-order valence-electron chi connectivity index (χ2n) is 2.50. The van der Waals surface area contributed by atoms with Crippen molar-refractivity contribution in [1.29, 1.82) is 0 Å². The minimum absolute atomic E-state index is 0.197. The number of hydrogen-bond donors (Lipinski definition) is 1. The molecular weight excluding hydrogens is 206 g/mol. The van der Waals surface area contributed by atoms with Gasteiger partial charge >= 0.3 is 5.97 Å². The molecule has 0 aliphatic rings. The first-order chi connectivity index (χ1) is 6.65. The molecule has 0 aromatic carbocycles. The first kappa shape index (κ1) is 10.9. The molecule has 0 radical (unpaired) electrons. The number of esters is 1. The molecule has 0 spiro atoms. The summed E-state index contributed by atoms with van der Waals surface area (Å²) in [5, 5.41) is 0.197. The Labute approximate surface area is 86.2 Å². The topological polar surface area (TPSA) is 78.1 Å². The average molecular weight is 216 g/mol. The molecule has 1 rings (SSSR count). The van der Waals surface area contributed by atoms with Crippen LogP contribution in [-0.4, -0.2) is 22.5 Å². The fraction of sp³-hybridized carbons (Fsp3) is 0.375. The zero-order valence-corrected chi connectivity index (χ0v) is 8.36. The highest BCUT2D eigenvalue weighted by atomic mass is 35.5. The van der Waals surface area contributed by atoms with E-state index in [2.05, 4.69) is 9.97 Å². The van der Waals surface area contributed by atoms with Gasteiger partial charge in [-0.15, -0.1) is 0 Å². The Hall–Kier alpha value is -1.20. The lowest BCUT2D eigenvalue weighted by molar-refractivity contribution is -0.144. The van der Waals surface area contributed by atoms with Crippen molar-refractivity contribution in [3.63, 3.8) is 0 Å². The molecule has 1 heterocycles. The number of nitrogens with two attached hydrogens (primary N) is 1. The van der Waals surface area contributed by atoms with Gasteiger partial charge in [0.1, 0.15) is 11.2 Å². The van der Waals surface area contributed by atoms with Gasteiger partial charge in [-0.25, -0.2) is 9.78 Å². The fourth-order valence-electron chi connectivity index (χ4n) is 0.859. The molecule has 1 aromatic heterocycles. The predicted molar refractivity (Wildman–Crippen MR) is 50.6 cm³/mol. The lowest BCUT2D eigenvalue weighted by Gasteiger charge is -2.08. The summed E-state index contributed by atoms with van der Waals surface area (Å²) in [6.45, 7) is 1.98. The predicted octanol–water partition coefficient (Wildman–Crippen LogP) is 0.693. The molecule has 0 saturated heterocycles. The van der Waals surface area contributed by atoms with Crippen molar-refractivity contribution < 1.29 is 9.53 Å². The maximum atomic E-state index is 11.2. The van der Waals surface area contributed by atoms with E-state index in [1.807, 2.05) is 0 Å². The Kier molecular flexibility index (Phi) is 3.79. The fourth-order valence-corrected chi connectivity index (χ4v) is 1.01. The molecule has 1 atom stereocenters. The van der Waals surface area contributed by atoms with Crippen molar-refractivity contribution in [1.82, 2.24) is 9.97 Å². The van der Waals surface area contributed by atoms with Crippen molar-refractivity contribution in [3.05, 3.63) is 23.2 Å². The van der Waals surface area contributed by atoms with Crippen LogP contribution in [0.3, 0.4) is 0 Å². The lowest BCUT2D eigenvalue weighted by atomic mass is 10.2. The Bertz CT molecular complexity index is 332. The summed E-state index contributed by atoms with van der Waals surface area (Å²) in [7, 11) is 0. The van der Waals surface area contributed by atoms with Gasteiger partial charge in [0, 0.05) is 0 Å².